The fourth-order valence-electron chi connectivity index (χ4n) is 2.61. The van der Waals surface area contributed by atoms with E-state index in [0.717, 1.165) is 0 Å². The topological polar surface area (TPSA) is 104 Å². The van der Waals surface area contributed by atoms with Crippen LogP contribution in [0.2, 0.25) is 0 Å². The molecule has 0 saturated heterocycles. The Bertz CT molecular complexity index is 852. The van der Waals surface area contributed by atoms with Gasteiger partial charge in [-0.3, -0.25) is 4.79 Å². The summed E-state index contributed by atoms with van der Waals surface area (Å²) in [6.07, 6.45) is 0. The van der Waals surface area contributed by atoms with Crippen molar-refractivity contribution in [2.45, 2.75) is 20.8 Å². The van der Waals surface area contributed by atoms with E-state index in [2.05, 4.69) is 4.98 Å². The van der Waals surface area contributed by atoms with Crippen LogP contribution < -0.4 is 9.47 Å². The molecule has 0 aliphatic heterocycles. The Morgan fingerprint density at radius 1 is 0.964 bits per heavy atom. The molecule has 0 unspecified atom stereocenters. The molecule has 0 radical (unpaired) electrons. The number of rotatable bonds is 9. The molecule has 0 aliphatic rings. The number of ether oxygens (including phenoxy) is 4. The van der Waals surface area contributed by atoms with E-state index >= 15 is 0 Å². The molecule has 1 N–H and O–H groups in total. The first kappa shape index (κ1) is 21.0. The van der Waals surface area contributed by atoms with Crippen LogP contribution in [-0.2, 0) is 14.3 Å². The fourth-order valence-corrected chi connectivity index (χ4v) is 2.61. The molecule has 28 heavy (non-hydrogen) atoms. The van der Waals surface area contributed by atoms with Crippen molar-refractivity contribution in [2.75, 3.05) is 26.9 Å². The number of nitrogens with one attached hydrogen (secondary N) is 1. The lowest BCUT2D eigenvalue weighted by atomic mass is 10.1. The number of Topliss-reactive ketones (excluding diaryl/α,β-unsaturated/α-hetero) is 1. The summed E-state index contributed by atoms with van der Waals surface area (Å²) in [5.74, 6) is -0.499. The lowest BCUT2D eigenvalue weighted by Crippen LogP contribution is -2.20. The molecule has 1 aromatic carbocycles. The first-order chi connectivity index (χ1) is 13.4. The molecular formula is C20H23NO7. The lowest BCUT2D eigenvalue weighted by Gasteiger charge is -2.07. The van der Waals surface area contributed by atoms with E-state index in [4.69, 9.17) is 18.9 Å². The van der Waals surface area contributed by atoms with Crippen molar-refractivity contribution >= 4 is 17.7 Å². The van der Waals surface area contributed by atoms with Gasteiger partial charge in [0.15, 0.2) is 13.2 Å². The highest BCUT2D eigenvalue weighted by Crippen LogP contribution is 2.20. The quantitative estimate of drug-likeness (QED) is 0.519. The second-order valence-corrected chi connectivity index (χ2v) is 5.89. The largest absolute Gasteiger partial charge is 0.497 e. The molecule has 2 rings (SSSR count). The van der Waals surface area contributed by atoms with E-state index < -0.39 is 24.3 Å². The van der Waals surface area contributed by atoms with Gasteiger partial charge in [0.1, 0.15) is 11.5 Å². The third-order valence-corrected chi connectivity index (χ3v) is 3.98. The summed E-state index contributed by atoms with van der Waals surface area (Å²) in [6, 6.07) is 6.70. The summed E-state index contributed by atoms with van der Waals surface area (Å²) in [6.45, 7) is 4.44. The van der Waals surface area contributed by atoms with Gasteiger partial charge in [-0.1, -0.05) is 0 Å². The molecule has 0 saturated carbocycles. The van der Waals surface area contributed by atoms with Gasteiger partial charge in [-0.05, 0) is 50.6 Å². The van der Waals surface area contributed by atoms with Crippen molar-refractivity contribution in [3.05, 3.63) is 46.8 Å². The number of aromatic amines is 1. The standard InChI is InChI=1S/C20H23NO7/c1-5-26-20(24)18-12(2)19(21-13(18)3)16(22)10-28-17(23)11-27-15-8-6-14(25-4)7-9-15/h6-9,21H,5,10-11H2,1-4H3. The summed E-state index contributed by atoms with van der Waals surface area (Å²) in [5, 5.41) is 0. The number of hydrogen-bond donors (Lipinski definition) is 1. The van der Waals surface area contributed by atoms with Crippen LogP contribution in [0.4, 0.5) is 0 Å². The van der Waals surface area contributed by atoms with Crippen molar-refractivity contribution in [2.24, 2.45) is 0 Å². The Labute approximate surface area is 162 Å². The number of esters is 2. The van der Waals surface area contributed by atoms with Gasteiger partial charge in [-0.2, -0.15) is 0 Å². The van der Waals surface area contributed by atoms with Crippen LogP contribution in [0.3, 0.4) is 0 Å². The number of carbonyl (C=O) groups is 3. The molecule has 150 valence electrons. The average molecular weight is 389 g/mol. The average Bonchev–Trinajstić information content (AvgIpc) is 2.99. The van der Waals surface area contributed by atoms with Crippen molar-refractivity contribution in [3.8, 4) is 11.5 Å². The predicted octanol–water partition coefficient (Wildman–Crippen LogP) is 2.62. The second kappa shape index (κ2) is 9.59. The van der Waals surface area contributed by atoms with Crippen LogP contribution in [0.25, 0.3) is 0 Å². The Kier molecular flexibility index (Phi) is 7.20. The third-order valence-electron chi connectivity index (χ3n) is 3.98. The highest BCUT2D eigenvalue weighted by atomic mass is 16.6. The summed E-state index contributed by atoms with van der Waals surface area (Å²) < 4.78 is 20.3. The van der Waals surface area contributed by atoms with Crippen LogP contribution in [-0.4, -0.2) is 49.6 Å². The Morgan fingerprint density at radius 2 is 1.61 bits per heavy atom. The molecular weight excluding hydrogens is 366 g/mol. The summed E-state index contributed by atoms with van der Waals surface area (Å²) in [5.41, 5.74) is 1.52. The van der Waals surface area contributed by atoms with Crippen molar-refractivity contribution in [1.82, 2.24) is 4.98 Å². The maximum atomic E-state index is 12.3. The van der Waals surface area contributed by atoms with Gasteiger partial charge >= 0.3 is 11.9 Å². The third kappa shape index (κ3) is 5.12. The van der Waals surface area contributed by atoms with Gasteiger partial charge in [0, 0.05) is 5.69 Å². The van der Waals surface area contributed by atoms with Gasteiger partial charge in [0.2, 0.25) is 5.78 Å². The monoisotopic (exact) mass is 389 g/mol. The number of hydrogen-bond acceptors (Lipinski definition) is 7. The summed E-state index contributed by atoms with van der Waals surface area (Å²) in [4.78, 5) is 39.0. The maximum Gasteiger partial charge on any atom is 0.344 e. The molecule has 8 heteroatoms. The number of ketones is 1. The van der Waals surface area contributed by atoms with Crippen molar-refractivity contribution < 1.29 is 33.3 Å². The predicted molar refractivity (Wildman–Crippen MR) is 100 cm³/mol. The van der Waals surface area contributed by atoms with Gasteiger partial charge in [0.05, 0.1) is 25.0 Å². The van der Waals surface area contributed by atoms with E-state index in [-0.39, 0.29) is 18.9 Å². The number of aryl methyl sites for hydroxylation is 1. The number of H-pyrrole nitrogens is 1. The van der Waals surface area contributed by atoms with Crippen LogP contribution in [0.5, 0.6) is 11.5 Å². The van der Waals surface area contributed by atoms with Crippen LogP contribution in [0.15, 0.2) is 24.3 Å². The fraction of sp³-hybridized carbons (Fsp3) is 0.350. The van der Waals surface area contributed by atoms with Crippen LogP contribution >= 0.6 is 0 Å². The molecule has 0 amide bonds. The second-order valence-electron chi connectivity index (χ2n) is 5.89. The molecule has 1 heterocycles. The maximum absolute atomic E-state index is 12.3. The van der Waals surface area contributed by atoms with Gasteiger partial charge in [-0.25, -0.2) is 9.59 Å². The Balaban J connectivity index is 1.90. The zero-order valence-corrected chi connectivity index (χ0v) is 16.3. The minimum Gasteiger partial charge on any atom is -0.497 e. The molecule has 1 aromatic heterocycles. The molecule has 2 aromatic rings. The van der Waals surface area contributed by atoms with Crippen molar-refractivity contribution in [3.63, 3.8) is 0 Å². The SMILES string of the molecule is CCOC(=O)c1c(C)[nH]c(C(=O)COC(=O)COc2ccc(OC)cc2)c1C. The summed E-state index contributed by atoms with van der Waals surface area (Å²) in [7, 11) is 1.55. The Morgan fingerprint density at radius 3 is 2.21 bits per heavy atom. The molecule has 0 atom stereocenters. The lowest BCUT2D eigenvalue weighted by molar-refractivity contribution is -0.144. The number of methoxy groups -OCH3 is 1. The number of aromatic nitrogens is 1. The molecule has 0 aliphatic carbocycles. The molecule has 0 fully saturated rings. The Hall–Kier alpha value is -3.29. The van der Waals surface area contributed by atoms with Gasteiger partial charge in [-0.15, -0.1) is 0 Å². The number of carbonyl (C=O) groups excluding carboxylic acids is 3. The van der Waals surface area contributed by atoms with Gasteiger partial charge in [0.25, 0.3) is 0 Å². The van der Waals surface area contributed by atoms with E-state index in [9.17, 15) is 14.4 Å². The highest BCUT2D eigenvalue weighted by molar-refractivity contribution is 6.02. The smallest absolute Gasteiger partial charge is 0.344 e. The highest BCUT2D eigenvalue weighted by Gasteiger charge is 2.23. The van der Waals surface area contributed by atoms with E-state index in [1.54, 1.807) is 52.1 Å². The minimum atomic E-state index is -0.685. The molecule has 0 spiro atoms. The van der Waals surface area contributed by atoms with Gasteiger partial charge < -0.3 is 23.9 Å². The summed E-state index contributed by atoms with van der Waals surface area (Å²) >= 11 is 0. The molecule has 8 nitrogen and oxygen atoms in total. The first-order valence-electron chi connectivity index (χ1n) is 8.69. The van der Waals surface area contributed by atoms with E-state index in [1.807, 2.05) is 0 Å². The zero-order chi connectivity index (χ0) is 20.7. The normalized spacial score (nSPS) is 10.3. The van der Waals surface area contributed by atoms with Crippen LogP contribution in [0.1, 0.15) is 39.0 Å². The number of benzene rings is 1. The van der Waals surface area contributed by atoms with E-state index in [1.165, 1.54) is 0 Å². The molecule has 0 bridgehead atoms. The van der Waals surface area contributed by atoms with E-state index in [0.29, 0.717) is 28.3 Å². The van der Waals surface area contributed by atoms with Crippen molar-refractivity contribution in [1.29, 1.82) is 0 Å². The van der Waals surface area contributed by atoms with Crippen LogP contribution in [0, 0.1) is 13.8 Å². The first-order valence-corrected chi connectivity index (χ1v) is 8.69. The zero-order valence-electron chi connectivity index (χ0n) is 16.3. The minimum absolute atomic E-state index is 0.212.